The van der Waals surface area contributed by atoms with Gasteiger partial charge >= 0.3 is 0 Å². The van der Waals surface area contributed by atoms with Crippen molar-refractivity contribution in [1.29, 1.82) is 0 Å². The first kappa shape index (κ1) is 13.4. The smallest absolute Gasteiger partial charge is 0.218 e. The summed E-state index contributed by atoms with van der Waals surface area (Å²) < 4.78 is 7.15. The number of nitrogens with zero attached hydrogens (tertiary/aromatic N) is 1. The van der Waals surface area contributed by atoms with Crippen molar-refractivity contribution in [3.05, 3.63) is 22.3 Å². The van der Waals surface area contributed by atoms with Gasteiger partial charge in [0.05, 0.1) is 0 Å². The summed E-state index contributed by atoms with van der Waals surface area (Å²) in [6.45, 7) is 0.860. The average Bonchev–Trinajstić information content (AvgIpc) is 3.24. The van der Waals surface area contributed by atoms with Crippen LogP contribution in [0.3, 0.4) is 0 Å². The minimum Gasteiger partial charge on any atom is -0.474 e. The molecule has 0 unspecified atom stereocenters. The number of nitrogens with one attached hydrogen (secondary N) is 1. The van der Waals surface area contributed by atoms with E-state index in [1.807, 2.05) is 6.20 Å². The third-order valence-electron chi connectivity index (χ3n) is 3.88. The van der Waals surface area contributed by atoms with Crippen LogP contribution < -0.4 is 10.1 Å². The SMILES string of the molecule is Brc1cnc(OC2CCCCC2)c(CNC2CC2)c1. The van der Waals surface area contributed by atoms with Gasteiger partial charge < -0.3 is 10.1 Å². The van der Waals surface area contributed by atoms with Crippen molar-refractivity contribution in [2.24, 2.45) is 0 Å². The van der Waals surface area contributed by atoms with Gasteiger partial charge in [0.2, 0.25) is 5.88 Å². The summed E-state index contributed by atoms with van der Waals surface area (Å²) in [5, 5.41) is 3.54. The number of hydrogen-bond donors (Lipinski definition) is 1. The molecule has 4 heteroatoms. The molecule has 2 aliphatic carbocycles. The monoisotopic (exact) mass is 324 g/mol. The average molecular weight is 325 g/mol. The predicted molar refractivity (Wildman–Crippen MR) is 79.3 cm³/mol. The molecule has 0 spiro atoms. The first-order chi connectivity index (χ1) is 9.31. The standard InChI is InChI=1S/C15H21BrN2O/c16-12-8-11(9-17-13-6-7-13)15(18-10-12)19-14-4-2-1-3-5-14/h8,10,13-14,17H,1-7,9H2. The van der Waals surface area contributed by atoms with E-state index in [1.165, 1.54) is 50.5 Å². The second-order valence-electron chi connectivity index (χ2n) is 5.65. The predicted octanol–water partition coefficient (Wildman–Crippen LogP) is 3.81. The van der Waals surface area contributed by atoms with Gasteiger partial charge in [0.1, 0.15) is 6.10 Å². The van der Waals surface area contributed by atoms with Crippen molar-refractivity contribution >= 4 is 15.9 Å². The molecular formula is C15H21BrN2O. The van der Waals surface area contributed by atoms with Gasteiger partial charge in [0.15, 0.2) is 0 Å². The molecule has 3 rings (SSSR count). The van der Waals surface area contributed by atoms with Crippen molar-refractivity contribution in [3.8, 4) is 5.88 Å². The quantitative estimate of drug-likeness (QED) is 0.894. The van der Waals surface area contributed by atoms with Crippen molar-refractivity contribution in [1.82, 2.24) is 10.3 Å². The van der Waals surface area contributed by atoms with E-state index in [2.05, 4.69) is 32.3 Å². The first-order valence-corrected chi connectivity index (χ1v) is 8.15. The van der Waals surface area contributed by atoms with Gasteiger partial charge in [0.25, 0.3) is 0 Å². The van der Waals surface area contributed by atoms with Gasteiger partial charge in [-0.25, -0.2) is 4.98 Å². The van der Waals surface area contributed by atoms with Gasteiger partial charge in [-0.2, -0.15) is 0 Å². The molecule has 1 N–H and O–H groups in total. The molecule has 0 aromatic carbocycles. The number of rotatable bonds is 5. The molecule has 0 amide bonds. The molecule has 0 aliphatic heterocycles. The highest BCUT2D eigenvalue weighted by Crippen LogP contribution is 2.27. The summed E-state index contributed by atoms with van der Waals surface area (Å²) >= 11 is 3.50. The molecular weight excluding hydrogens is 304 g/mol. The van der Waals surface area contributed by atoms with Crippen LogP contribution in [-0.2, 0) is 6.54 Å². The molecule has 104 valence electrons. The van der Waals surface area contributed by atoms with E-state index in [0.717, 1.165) is 16.9 Å². The Kier molecular flexibility index (Phi) is 4.38. The van der Waals surface area contributed by atoms with Crippen LogP contribution in [0.1, 0.15) is 50.5 Å². The maximum absolute atomic E-state index is 6.12. The molecule has 19 heavy (non-hydrogen) atoms. The normalized spacial score (nSPS) is 20.5. The Morgan fingerprint density at radius 1 is 1.21 bits per heavy atom. The second-order valence-corrected chi connectivity index (χ2v) is 6.57. The van der Waals surface area contributed by atoms with Crippen LogP contribution in [0.15, 0.2) is 16.7 Å². The van der Waals surface area contributed by atoms with E-state index in [4.69, 9.17) is 4.74 Å². The summed E-state index contributed by atoms with van der Waals surface area (Å²) in [5.74, 6) is 0.822. The van der Waals surface area contributed by atoms with Crippen molar-refractivity contribution < 1.29 is 4.74 Å². The van der Waals surface area contributed by atoms with Crippen molar-refractivity contribution in [3.63, 3.8) is 0 Å². The number of pyridine rings is 1. The molecule has 0 radical (unpaired) electrons. The lowest BCUT2D eigenvalue weighted by Gasteiger charge is -2.23. The molecule has 2 fully saturated rings. The van der Waals surface area contributed by atoms with Gasteiger partial charge in [-0.3, -0.25) is 0 Å². The number of halogens is 1. The molecule has 2 aliphatic rings. The minimum absolute atomic E-state index is 0.363. The highest BCUT2D eigenvalue weighted by Gasteiger charge is 2.22. The van der Waals surface area contributed by atoms with Crippen LogP contribution in [-0.4, -0.2) is 17.1 Å². The number of ether oxygens (including phenoxy) is 1. The molecule has 0 bridgehead atoms. The van der Waals surface area contributed by atoms with E-state index in [9.17, 15) is 0 Å². The van der Waals surface area contributed by atoms with Crippen LogP contribution in [0.2, 0.25) is 0 Å². The van der Waals surface area contributed by atoms with Gasteiger partial charge in [0, 0.05) is 28.8 Å². The summed E-state index contributed by atoms with van der Waals surface area (Å²) in [6.07, 6.45) is 11.1. The Bertz CT molecular complexity index is 428. The Hall–Kier alpha value is -0.610. The fourth-order valence-electron chi connectivity index (χ4n) is 2.58. The summed E-state index contributed by atoms with van der Waals surface area (Å²) in [6, 6.07) is 2.84. The number of hydrogen-bond acceptors (Lipinski definition) is 3. The van der Waals surface area contributed by atoms with Crippen LogP contribution in [0.25, 0.3) is 0 Å². The second kappa shape index (κ2) is 6.23. The summed E-state index contributed by atoms with van der Waals surface area (Å²) in [7, 11) is 0. The van der Waals surface area contributed by atoms with E-state index >= 15 is 0 Å². The molecule has 0 saturated heterocycles. The van der Waals surface area contributed by atoms with Gasteiger partial charge in [-0.05, 0) is 60.5 Å². The lowest BCUT2D eigenvalue weighted by molar-refractivity contribution is 0.147. The van der Waals surface area contributed by atoms with Crippen molar-refractivity contribution in [2.75, 3.05) is 0 Å². The zero-order valence-electron chi connectivity index (χ0n) is 11.2. The maximum Gasteiger partial charge on any atom is 0.218 e. The number of aromatic nitrogens is 1. The molecule has 1 aromatic rings. The largest absolute Gasteiger partial charge is 0.474 e. The molecule has 2 saturated carbocycles. The third kappa shape index (κ3) is 3.93. The first-order valence-electron chi connectivity index (χ1n) is 7.36. The Morgan fingerprint density at radius 3 is 2.74 bits per heavy atom. The Labute approximate surface area is 123 Å². The van der Waals surface area contributed by atoms with E-state index in [1.54, 1.807) is 0 Å². The Balaban J connectivity index is 1.66. The lowest BCUT2D eigenvalue weighted by Crippen LogP contribution is -2.22. The fraction of sp³-hybridized carbons (Fsp3) is 0.667. The molecule has 1 heterocycles. The maximum atomic E-state index is 6.12. The van der Waals surface area contributed by atoms with Crippen LogP contribution >= 0.6 is 15.9 Å². The highest BCUT2D eigenvalue weighted by molar-refractivity contribution is 9.10. The van der Waals surface area contributed by atoms with E-state index in [-0.39, 0.29) is 0 Å². The van der Waals surface area contributed by atoms with Gasteiger partial charge in [-0.1, -0.05) is 6.42 Å². The Morgan fingerprint density at radius 2 is 2.00 bits per heavy atom. The fourth-order valence-corrected chi connectivity index (χ4v) is 2.96. The zero-order valence-corrected chi connectivity index (χ0v) is 12.8. The van der Waals surface area contributed by atoms with Crippen LogP contribution in [0.4, 0.5) is 0 Å². The van der Waals surface area contributed by atoms with Crippen LogP contribution in [0.5, 0.6) is 5.88 Å². The van der Waals surface area contributed by atoms with E-state index < -0.39 is 0 Å². The zero-order chi connectivity index (χ0) is 13.1. The molecule has 1 aromatic heterocycles. The van der Waals surface area contributed by atoms with E-state index in [0.29, 0.717) is 12.1 Å². The van der Waals surface area contributed by atoms with Gasteiger partial charge in [-0.15, -0.1) is 0 Å². The topological polar surface area (TPSA) is 34.1 Å². The molecule has 3 nitrogen and oxygen atoms in total. The minimum atomic E-state index is 0.363. The lowest BCUT2D eigenvalue weighted by atomic mass is 9.98. The summed E-state index contributed by atoms with van der Waals surface area (Å²) in [5.41, 5.74) is 1.17. The van der Waals surface area contributed by atoms with Crippen molar-refractivity contribution in [2.45, 2.75) is 63.6 Å². The van der Waals surface area contributed by atoms with Crippen LogP contribution in [0, 0.1) is 0 Å². The third-order valence-corrected chi connectivity index (χ3v) is 4.31. The highest BCUT2D eigenvalue weighted by atomic mass is 79.9. The molecule has 0 atom stereocenters. The summed E-state index contributed by atoms with van der Waals surface area (Å²) in [4.78, 5) is 4.46.